The zero-order valence-electron chi connectivity index (χ0n) is 22.4. The Bertz CT molecular complexity index is 1680. The van der Waals surface area contributed by atoms with Gasteiger partial charge < -0.3 is 24.8 Å². The molecule has 0 bridgehead atoms. The van der Waals surface area contributed by atoms with Crippen LogP contribution in [0.1, 0.15) is 46.5 Å². The number of methoxy groups -OCH3 is 1. The number of carbonyl (C=O) groups is 1. The van der Waals surface area contributed by atoms with Crippen LogP contribution in [0.4, 0.5) is 4.39 Å². The van der Waals surface area contributed by atoms with Gasteiger partial charge in [-0.2, -0.15) is 9.12 Å². The number of nitrogens with one attached hydrogen (secondary N) is 1. The second-order valence-electron chi connectivity index (χ2n) is 9.93. The second kappa shape index (κ2) is 10.8. The summed E-state index contributed by atoms with van der Waals surface area (Å²) in [7, 11) is 1.62. The molecule has 0 aliphatic heterocycles. The number of ether oxygens (including phenoxy) is 1. The lowest BCUT2D eigenvalue weighted by molar-refractivity contribution is -0.607. The maximum Gasteiger partial charge on any atom is 0.225 e. The number of amides is 1. The number of aryl methyl sites for hydroxylation is 1. The Morgan fingerprint density at radius 1 is 1.12 bits per heavy atom. The number of hydrogen-bond acceptors (Lipinski definition) is 5. The zero-order chi connectivity index (χ0) is 28.4. The highest BCUT2D eigenvalue weighted by Gasteiger charge is 2.34. The molecule has 2 atom stereocenters. The van der Waals surface area contributed by atoms with Crippen molar-refractivity contribution in [3.05, 3.63) is 136 Å². The lowest BCUT2D eigenvalue weighted by Crippen LogP contribution is -2.31. The molecule has 0 saturated carbocycles. The Morgan fingerprint density at radius 2 is 1.90 bits per heavy atom. The molecular weight excluding hydrogens is 511 g/mol. The minimum Gasteiger partial charge on any atom is -0.619 e. The largest absolute Gasteiger partial charge is 0.619 e. The maximum absolute atomic E-state index is 14.4. The van der Waals surface area contributed by atoms with E-state index in [4.69, 9.17) is 9.15 Å². The molecule has 0 fully saturated rings. The summed E-state index contributed by atoms with van der Waals surface area (Å²) >= 11 is 0. The summed E-state index contributed by atoms with van der Waals surface area (Å²) in [6.45, 7) is 3.39. The molecule has 2 unspecified atom stereocenters. The first-order valence-corrected chi connectivity index (χ1v) is 12.8. The molecule has 5 aromatic rings. The molecule has 2 N–H and O–H groups in total. The molecule has 0 saturated heterocycles. The van der Waals surface area contributed by atoms with Crippen molar-refractivity contribution in [1.82, 2.24) is 5.32 Å². The van der Waals surface area contributed by atoms with E-state index in [9.17, 15) is 19.5 Å². The fourth-order valence-electron chi connectivity index (χ4n) is 4.90. The minimum atomic E-state index is -1.81. The molecule has 204 valence electrons. The van der Waals surface area contributed by atoms with Gasteiger partial charge in [0.25, 0.3) is 0 Å². The van der Waals surface area contributed by atoms with Crippen LogP contribution in [0.25, 0.3) is 11.0 Å². The Labute approximate surface area is 231 Å². The number of aromatic nitrogens is 1. The molecule has 3 aromatic carbocycles. The lowest BCUT2D eigenvalue weighted by Gasteiger charge is -2.22. The normalized spacial score (nSPS) is 13.5. The van der Waals surface area contributed by atoms with Gasteiger partial charge in [0.1, 0.15) is 22.7 Å². The summed E-state index contributed by atoms with van der Waals surface area (Å²) in [5.41, 5.74) is 2.24. The summed E-state index contributed by atoms with van der Waals surface area (Å²) in [4.78, 5) is 13.3. The summed E-state index contributed by atoms with van der Waals surface area (Å²) in [6, 6.07) is 23.3. The lowest BCUT2D eigenvalue weighted by atomic mass is 9.93. The van der Waals surface area contributed by atoms with Gasteiger partial charge in [0.2, 0.25) is 12.1 Å². The Balaban J connectivity index is 1.39. The maximum atomic E-state index is 14.4. The van der Waals surface area contributed by atoms with Crippen molar-refractivity contribution in [3.8, 4) is 5.75 Å². The molecule has 0 aliphatic rings. The van der Waals surface area contributed by atoms with Crippen molar-refractivity contribution in [2.75, 3.05) is 7.11 Å². The van der Waals surface area contributed by atoms with Gasteiger partial charge in [-0.05, 0) is 66.4 Å². The van der Waals surface area contributed by atoms with E-state index in [2.05, 4.69) is 5.32 Å². The Hall–Kier alpha value is -4.69. The zero-order valence-corrected chi connectivity index (χ0v) is 22.4. The summed E-state index contributed by atoms with van der Waals surface area (Å²) in [5, 5.41) is 26.3. The van der Waals surface area contributed by atoms with Crippen molar-refractivity contribution in [2.45, 2.75) is 31.9 Å². The quantitative estimate of drug-likeness (QED) is 0.208. The summed E-state index contributed by atoms with van der Waals surface area (Å²) < 4.78 is 25.9. The summed E-state index contributed by atoms with van der Waals surface area (Å²) in [6.07, 6.45) is 1.98. The van der Waals surface area contributed by atoms with Crippen molar-refractivity contribution in [3.63, 3.8) is 0 Å². The standard InChI is InChI=1S/C32H29FN2O5/c1-20-15-24(39-3)10-11-25(20)31(22-7-5-4-6-8-22)34-30(36)17-21-9-12-28-23(16-21)18-29(40-28)32(2,37)26-13-14-35(38)19-27(26)33/h4-16,18-19,31,37H,17H2,1-3H3,(H,34,36). The SMILES string of the molecule is COc1ccc(C(NC(=O)Cc2ccc3oc(C(C)(O)c4cc[n+]([O-])cc4F)cc3c2)c2ccccc2)c(C)c1. The first-order chi connectivity index (χ1) is 19.2. The number of benzene rings is 3. The fourth-order valence-corrected chi connectivity index (χ4v) is 4.90. The van der Waals surface area contributed by atoms with Crippen LogP contribution in [0, 0.1) is 17.9 Å². The summed E-state index contributed by atoms with van der Waals surface area (Å²) in [5.74, 6) is -0.155. The van der Waals surface area contributed by atoms with Crippen molar-refractivity contribution < 1.29 is 28.2 Å². The number of pyridine rings is 1. The molecule has 1 amide bonds. The third kappa shape index (κ3) is 5.39. The van der Waals surface area contributed by atoms with E-state index < -0.39 is 11.4 Å². The average Bonchev–Trinajstić information content (AvgIpc) is 3.37. The number of halogens is 1. The highest BCUT2D eigenvalue weighted by atomic mass is 19.1. The first-order valence-electron chi connectivity index (χ1n) is 12.8. The highest BCUT2D eigenvalue weighted by molar-refractivity contribution is 5.83. The van der Waals surface area contributed by atoms with Crippen LogP contribution in [-0.4, -0.2) is 18.1 Å². The second-order valence-corrected chi connectivity index (χ2v) is 9.93. The van der Waals surface area contributed by atoms with Crippen LogP contribution < -0.4 is 14.8 Å². The van der Waals surface area contributed by atoms with Crippen LogP contribution in [0.15, 0.2) is 95.7 Å². The molecule has 0 aliphatic carbocycles. The van der Waals surface area contributed by atoms with Crippen LogP contribution in [-0.2, 0) is 16.8 Å². The molecule has 2 heterocycles. The van der Waals surface area contributed by atoms with E-state index in [0.717, 1.165) is 40.4 Å². The predicted octanol–water partition coefficient (Wildman–Crippen LogP) is 5.23. The Kier molecular flexibility index (Phi) is 7.28. The van der Waals surface area contributed by atoms with E-state index in [0.29, 0.717) is 15.7 Å². The van der Waals surface area contributed by atoms with Crippen LogP contribution in [0.3, 0.4) is 0 Å². The van der Waals surface area contributed by atoms with Gasteiger partial charge in [0.15, 0.2) is 12.0 Å². The van der Waals surface area contributed by atoms with Crippen LogP contribution in [0.2, 0.25) is 0 Å². The average molecular weight is 541 g/mol. The van der Waals surface area contributed by atoms with Gasteiger partial charge in [0.05, 0.1) is 19.6 Å². The molecule has 40 heavy (non-hydrogen) atoms. The van der Waals surface area contributed by atoms with Crippen molar-refractivity contribution in [1.29, 1.82) is 0 Å². The number of carbonyl (C=O) groups excluding carboxylic acids is 1. The number of aliphatic hydroxyl groups is 1. The number of nitrogens with zero attached hydrogens (tertiary/aromatic N) is 1. The molecule has 2 aromatic heterocycles. The molecule has 5 rings (SSSR count). The van der Waals surface area contributed by atoms with Crippen LogP contribution in [0.5, 0.6) is 5.75 Å². The Morgan fingerprint density at radius 3 is 2.60 bits per heavy atom. The van der Waals surface area contributed by atoms with E-state index >= 15 is 0 Å². The highest BCUT2D eigenvalue weighted by Crippen LogP contribution is 2.35. The molecule has 8 heteroatoms. The number of rotatable bonds is 8. The third-order valence-electron chi connectivity index (χ3n) is 7.06. The van der Waals surface area contributed by atoms with Crippen LogP contribution >= 0.6 is 0 Å². The molecule has 0 spiro atoms. The van der Waals surface area contributed by atoms with Gasteiger partial charge in [-0.25, -0.2) is 0 Å². The van der Waals surface area contributed by atoms with E-state index in [1.54, 1.807) is 31.4 Å². The third-order valence-corrected chi connectivity index (χ3v) is 7.06. The smallest absolute Gasteiger partial charge is 0.225 e. The number of hydrogen-bond donors (Lipinski definition) is 2. The van der Waals surface area contributed by atoms with Gasteiger partial charge in [-0.15, -0.1) is 0 Å². The van der Waals surface area contributed by atoms with Gasteiger partial charge in [-0.3, -0.25) is 4.79 Å². The van der Waals surface area contributed by atoms with Crippen molar-refractivity contribution >= 4 is 16.9 Å². The fraction of sp³-hybridized carbons (Fsp3) is 0.188. The molecule has 0 radical (unpaired) electrons. The first kappa shape index (κ1) is 26.9. The van der Waals surface area contributed by atoms with E-state index in [1.165, 1.54) is 13.0 Å². The number of furan rings is 1. The minimum absolute atomic E-state index is 0.0842. The molecular formula is C32H29FN2O5. The van der Waals surface area contributed by atoms with Crippen molar-refractivity contribution in [2.24, 2.45) is 0 Å². The van der Waals surface area contributed by atoms with Gasteiger partial charge in [0, 0.05) is 17.0 Å². The topological polar surface area (TPSA) is 98.6 Å². The number of fused-ring (bicyclic) bond motifs is 1. The van der Waals surface area contributed by atoms with Gasteiger partial charge in [-0.1, -0.05) is 42.5 Å². The molecule has 7 nitrogen and oxygen atoms in total. The monoisotopic (exact) mass is 540 g/mol. The van der Waals surface area contributed by atoms with E-state index in [-0.39, 0.29) is 29.7 Å². The van der Waals surface area contributed by atoms with Gasteiger partial charge >= 0.3 is 0 Å². The van der Waals surface area contributed by atoms with E-state index in [1.807, 2.05) is 55.5 Å². The predicted molar refractivity (Wildman–Crippen MR) is 148 cm³/mol.